The van der Waals surface area contributed by atoms with Crippen LogP contribution in [0.4, 0.5) is 5.13 Å². The van der Waals surface area contributed by atoms with E-state index in [2.05, 4.69) is 71.6 Å². The molecule has 0 N–H and O–H groups in total. The fourth-order valence-corrected chi connectivity index (χ4v) is 4.18. The molecule has 4 nitrogen and oxygen atoms in total. The Bertz CT molecular complexity index is 1140. The van der Waals surface area contributed by atoms with Crippen LogP contribution in [0.2, 0.25) is 0 Å². The number of pyridine rings is 1. The summed E-state index contributed by atoms with van der Waals surface area (Å²) in [6, 6.07) is 18.8. The molecule has 0 aliphatic carbocycles. The van der Waals surface area contributed by atoms with Gasteiger partial charge in [0.1, 0.15) is 11.3 Å². The molecule has 25 heavy (non-hydrogen) atoms. The average molecular weight is 350 g/mol. The molecule has 0 atom stereocenters. The number of hydrogen-bond acceptors (Lipinski definition) is 3. The third kappa shape index (κ3) is 2.70. The Labute approximate surface area is 150 Å². The standard InChI is InChI=1S/C20H20N3OS/c1-4-23-16-8-6-5-7-14(16)9-12-19(23)21-20-22(2)17-11-10-15(24-3)13-18(17)25-20/h5-13H,4H2,1-3H3/q+1. The minimum atomic E-state index is 0.871. The van der Waals surface area contributed by atoms with E-state index in [-0.39, 0.29) is 0 Å². The summed E-state index contributed by atoms with van der Waals surface area (Å²) in [5.74, 6) is 0.871. The predicted octanol–water partition coefficient (Wildman–Crippen LogP) is 3.94. The first-order valence-corrected chi connectivity index (χ1v) is 9.13. The quantitative estimate of drug-likeness (QED) is 0.515. The number of ether oxygens (including phenoxy) is 1. The van der Waals surface area contributed by atoms with Crippen LogP contribution in [0.15, 0.2) is 59.6 Å². The van der Waals surface area contributed by atoms with Crippen LogP contribution in [0.5, 0.6) is 5.75 Å². The summed E-state index contributed by atoms with van der Waals surface area (Å²) in [7, 11) is 3.75. The molecule has 0 aliphatic rings. The van der Waals surface area contributed by atoms with Gasteiger partial charge in [0.15, 0.2) is 0 Å². The molecule has 0 aliphatic heterocycles. The highest BCUT2D eigenvalue weighted by Gasteiger charge is 2.16. The van der Waals surface area contributed by atoms with Gasteiger partial charge in [0.25, 0.3) is 0 Å². The lowest BCUT2D eigenvalue weighted by molar-refractivity contribution is -0.627. The lowest BCUT2D eigenvalue weighted by atomic mass is 10.2. The Morgan fingerprint density at radius 3 is 2.76 bits per heavy atom. The number of aryl methyl sites for hydroxylation is 2. The third-order valence-corrected chi connectivity index (χ3v) is 5.55. The molecule has 2 aromatic heterocycles. The molecule has 2 aromatic carbocycles. The van der Waals surface area contributed by atoms with Gasteiger partial charge in [0.2, 0.25) is 5.49 Å². The lowest BCUT2D eigenvalue weighted by Gasteiger charge is -2.06. The Kier molecular flexibility index (Phi) is 4.01. The molecule has 4 rings (SSSR count). The maximum absolute atomic E-state index is 5.34. The van der Waals surface area contributed by atoms with Crippen molar-refractivity contribution >= 4 is 37.6 Å². The first-order chi connectivity index (χ1) is 12.2. The molecule has 0 saturated heterocycles. The van der Waals surface area contributed by atoms with Crippen LogP contribution in [-0.4, -0.2) is 11.7 Å². The molecule has 0 amide bonds. The zero-order chi connectivity index (χ0) is 17.4. The van der Waals surface area contributed by atoms with Gasteiger partial charge >= 0.3 is 5.13 Å². The van der Waals surface area contributed by atoms with Crippen molar-refractivity contribution in [1.82, 2.24) is 4.57 Å². The van der Waals surface area contributed by atoms with Crippen molar-refractivity contribution in [2.45, 2.75) is 13.5 Å². The van der Waals surface area contributed by atoms with Crippen LogP contribution in [-0.2, 0) is 13.6 Å². The predicted molar refractivity (Wildman–Crippen MR) is 102 cm³/mol. The molecule has 2 heterocycles. The lowest BCUT2D eigenvalue weighted by Crippen LogP contribution is -2.28. The Morgan fingerprint density at radius 2 is 1.96 bits per heavy atom. The molecule has 0 saturated carbocycles. The van der Waals surface area contributed by atoms with Gasteiger partial charge in [0.05, 0.1) is 24.4 Å². The molecule has 5 heteroatoms. The van der Waals surface area contributed by atoms with Crippen LogP contribution in [0.25, 0.3) is 21.1 Å². The van der Waals surface area contributed by atoms with Gasteiger partial charge in [-0.15, -0.1) is 0 Å². The van der Waals surface area contributed by atoms with E-state index in [0.29, 0.717) is 0 Å². The largest absolute Gasteiger partial charge is 0.497 e. The van der Waals surface area contributed by atoms with Gasteiger partial charge in [-0.1, -0.05) is 18.2 Å². The summed E-state index contributed by atoms with van der Waals surface area (Å²) in [5.41, 5.74) is 3.33. The van der Waals surface area contributed by atoms with Gasteiger partial charge < -0.3 is 9.30 Å². The summed E-state index contributed by atoms with van der Waals surface area (Å²) in [6.07, 6.45) is 0. The molecule has 0 spiro atoms. The maximum atomic E-state index is 5.34. The average Bonchev–Trinajstić information content (AvgIpc) is 2.96. The van der Waals surface area contributed by atoms with E-state index in [0.717, 1.165) is 28.4 Å². The van der Waals surface area contributed by atoms with Gasteiger partial charge in [-0.2, -0.15) is 0 Å². The van der Waals surface area contributed by atoms with Gasteiger partial charge in [-0.05, 0) is 52.9 Å². The summed E-state index contributed by atoms with van der Waals surface area (Å²) >= 11 is 1.68. The van der Waals surface area contributed by atoms with Crippen LogP contribution in [0.3, 0.4) is 0 Å². The number of nitrogens with zero attached hydrogens (tertiary/aromatic N) is 3. The highest BCUT2D eigenvalue weighted by atomic mass is 32.1. The van der Waals surface area contributed by atoms with Crippen LogP contribution in [0, 0.1) is 0 Å². The Hall–Kier alpha value is -2.66. The summed E-state index contributed by atoms with van der Waals surface area (Å²) < 4.78 is 10.9. The molecular formula is C20H20N3OS+. The molecule has 0 fully saturated rings. The minimum Gasteiger partial charge on any atom is -0.497 e. The third-order valence-electron chi connectivity index (χ3n) is 4.46. The minimum absolute atomic E-state index is 0.871. The van der Waals surface area contributed by atoms with Gasteiger partial charge in [-0.3, -0.25) is 0 Å². The van der Waals surface area contributed by atoms with Crippen LogP contribution >= 0.6 is 11.3 Å². The van der Waals surface area contributed by atoms with E-state index in [1.807, 2.05) is 6.07 Å². The summed E-state index contributed by atoms with van der Waals surface area (Å²) in [4.78, 5) is 4.96. The van der Waals surface area contributed by atoms with E-state index in [1.54, 1.807) is 18.4 Å². The summed E-state index contributed by atoms with van der Waals surface area (Å²) in [5, 5.41) is 2.20. The molecule has 0 radical (unpaired) electrons. The highest BCUT2D eigenvalue weighted by Crippen LogP contribution is 2.28. The van der Waals surface area contributed by atoms with E-state index >= 15 is 0 Å². The number of aromatic nitrogens is 2. The van der Waals surface area contributed by atoms with Crippen LogP contribution in [0.1, 0.15) is 6.92 Å². The highest BCUT2D eigenvalue weighted by molar-refractivity contribution is 7.21. The van der Waals surface area contributed by atoms with Crippen molar-refractivity contribution in [1.29, 1.82) is 0 Å². The van der Waals surface area contributed by atoms with Crippen molar-refractivity contribution in [3.05, 3.63) is 60.1 Å². The van der Waals surface area contributed by atoms with Crippen molar-refractivity contribution in [2.75, 3.05) is 7.11 Å². The van der Waals surface area contributed by atoms with E-state index < -0.39 is 0 Å². The molecule has 0 unspecified atom stereocenters. The number of rotatable bonds is 3. The van der Waals surface area contributed by atoms with Gasteiger partial charge in [-0.25, -0.2) is 4.57 Å². The second kappa shape index (κ2) is 6.33. The number of hydrogen-bond donors (Lipinski definition) is 0. The second-order valence-corrected chi connectivity index (χ2v) is 6.89. The number of para-hydroxylation sites is 1. The Morgan fingerprint density at radius 1 is 1.12 bits per heavy atom. The molecular weight excluding hydrogens is 330 g/mol. The Balaban J connectivity index is 1.95. The first-order valence-electron chi connectivity index (χ1n) is 8.31. The summed E-state index contributed by atoms with van der Waals surface area (Å²) in [6.45, 7) is 3.03. The van der Waals surface area contributed by atoms with E-state index in [4.69, 9.17) is 9.73 Å². The fraction of sp³-hybridized carbons (Fsp3) is 0.200. The normalized spacial score (nSPS) is 12.2. The molecule has 0 bridgehead atoms. The molecule has 126 valence electrons. The number of thiazole rings is 1. The van der Waals surface area contributed by atoms with Crippen molar-refractivity contribution in [3.8, 4) is 5.75 Å². The monoisotopic (exact) mass is 350 g/mol. The number of fused-ring (bicyclic) bond motifs is 2. The smallest absolute Gasteiger partial charge is 0.385 e. The number of benzene rings is 2. The second-order valence-electron chi connectivity index (χ2n) is 5.88. The zero-order valence-electron chi connectivity index (χ0n) is 14.6. The first kappa shape index (κ1) is 15.8. The maximum Gasteiger partial charge on any atom is 0.385 e. The van der Waals surface area contributed by atoms with Crippen molar-refractivity contribution in [3.63, 3.8) is 0 Å². The zero-order valence-corrected chi connectivity index (χ0v) is 15.4. The molecule has 4 aromatic rings. The van der Waals surface area contributed by atoms with Crippen molar-refractivity contribution in [2.24, 2.45) is 12.0 Å². The van der Waals surface area contributed by atoms with E-state index in [1.165, 1.54) is 15.6 Å². The number of methoxy groups -OCH3 is 1. The van der Waals surface area contributed by atoms with E-state index in [9.17, 15) is 0 Å². The van der Waals surface area contributed by atoms with Crippen molar-refractivity contribution < 1.29 is 9.30 Å². The SMILES string of the molecule is CCn1c(=Nc2sc3cc(OC)ccc3[n+]2C)ccc2ccccc21. The fourth-order valence-electron chi connectivity index (χ4n) is 3.13. The van der Waals surface area contributed by atoms with Gasteiger partial charge in [0, 0.05) is 18.7 Å². The topological polar surface area (TPSA) is 30.4 Å². The van der Waals surface area contributed by atoms with Crippen LogP contribution < -0.4 is 14.8 Å².